The Kier molecular flexibility index (Phi) is 5.67. The van der Waals surface area contributed by atoms with E-state index in [1.54, 1.807) is 25.6 Å². The van der Waals surface area contributed by atoms with Gasteiger partial charge in [-0.15, -0.1) is 0 Å². The van der Waals surface area contributed by atoms with Gasteiger partial charge >= 0.3 is 0 Å². The minimum absolute atomic E-state index is 0.129. The largest absolute Gasteiger partial charge is 0.359 e. The van der Waals surface area contributed by atoms with E-state index < -0.39 is 5.41 Å². The highest BCUT2D eigenvalue weighted by molar-refractivity contribution is 5.83. The molecule has 1 unspecified atom stereocenters. The molecule has 29 heavy (non-hydrogen) atoms. The van der Waals surface area contributed by atoms with Gasteiger partial charge < -0.3 is 5.32 Å². The molecule has 3 aromatic rings. The second-order valence-corrected chi connectivity index (χ2v) is 7.79. The molecule has 0 aliphatic carbocycles. The van der Waals surface area contributed by atoms with E-state index in [1.165, 1.54) is 11.1 Å². The van der Waals surface area contributed by atoms with Crippen molar-refractivity contribution in [3.8, 4) is 11.1 Å². The lowest BCUT2D eigenvalue weighted by atomic mass is 9.79. The van der Waals surface area contributed by atoms with Crippen molar-refractivity contribution in [2.24, 2.45) is 5.41 Å². The van der Waals surface area contributed by atoms with E-state index in [4.69, 9.17) is 0 Å². The first-order chi connectivity index (χ1) is 14.2. The van der Waals surface area contributed by atoms with E-state index >= 15 is 0 Å². The zero-order chi connectivity index (χ0) is 20.1. The van der Waals surface area contributed by atoms with Crippen molar-refractivity contribution in [1.82, 2.24) is 20.2 Å². The number of pyridine rings is 2. The number of hydrogen-bond acceptors (Lipinski definition) is 4. The van der Waals surface area contributed by atoms with Gasteiger partial charge in [0.2, 0.25) is 5.91 Å². The fourth-order valence-corrected chi connectivity index (χ4v) is 4.27. The van der Waals surface area contributed by atoms with Crippen LogP contribution in [-0.4, -0.2) is 40.9 Å². The maximum atomic E-state index is 12.9. The molecule has 1 saturated heterocycles. The smallest absolute Gasteiger partial charge is 0.227 e. The molecule has 1 atom stereocenters. The zero-order valence-electron chi connectivity index (χ0n) is 16.7. The summed E-state index contributed by atoms with van der Waals surface area (Å²) in [5.41, 5.74) is 4.29. The molecule has 0 saturated carbocycles. The van der Waals surface area contributed by atoms with Gasteiger partial charge in [-0.25, -0.2) is 0 Å². The number of nitrogens with zero attached hydrogens (tertiary/aromatic N) is 3. The number of aromatic nitrogens is 2. The Morgan fingerprint density at radius 3 is 2.45 bits per heavy atom. The SMILES string of the molecule is CNC(=O)C1(Cc2ccc(-c3ccncc3)cc2)CCN(Cc2cccnc2)C1. The number of likely N-dealkylation sites (tertiary alicyclic amines) is 1. The van der Waals surface area contributed by atoms with Crippen molar-refractivity contribution in [2.75, 3.05) is 20.1 Å². The van der Waals surface area contributed by atoms with Gasteiger partial charge in [-0.05, 0) is 59.8 Å². The first-order valence-corrected chi connectivity index (χ1v) is 10.0. The van der Waals surface area contributed by atoms with Crippen molar-refractivity contribution in [3.05, 3.63) is 84.4 Å². The summed E-state index contributed by atoms with van der Waals surface area (Å²) in [5.74, 6) is 0.129. The van der Waals surface area contributed by atoms with Crippen molar-refractivity contribution in [3.63, 3.8) is 0 Å². The maximum Gasteiger partial charge on any atom is 0.227 e. The normalized spacial score (nSPS) is 19.2. The summed E-state index contributed by atoms with van der Waals surface area (Å²) >= 11 is 0. The van der Waals surface area contributed by atoms with Gasteiger partial charge in [-0.2, -0.15) is 0 Å². The molecular formula is C24H26N4O. The van der Waals surface area contributed by atoms with Gasteiger partial charge in [-0.1, -0.05) is 30.3 Å². The molecule has 1 aromatic carbocycles. The average molecular weight is 386 g/mol. The van der Waals surface area contributed by atoms with Gasteiger partial charge in [0.15, 0.2) is 0 Å². The van der Waals surface area contributed by atoms with Gasteiger partial charge in [0, 0.05) is 44.9 Å². The van der Waals surface area contributed by atoms with Crippen LogP contribution in [0.15, 0.2) is 73.3 Å². The number of carbonyl (C=O) groups is 1. The molecule has 5 heteroatoms. The second-order valence-electron chi connectivity index (χ2n) is 7.79. The molecule has 5 nitrogen and oxygen atoms in total. The lowest BCUT2D eigenvalue weighted by Crippen LogP contribution is -2.43. The van der Waals surface area contributed by atoms with Gasteiger partial charge in [0.05, 0.1) is 5.41 Å². The Labute approximate surface area is 171 Å². The van der Waals surface area contributed by atoms with E-state index in [0.717, 1.165) is 43.6 Å². The Hall–Kier alpha value is -3.05. The number of carbonyl (C=O) groups excluding carboxylic acids is 1. The molecule has 1 aliphatic heterocycles. The van der Waals surface area contributed by atoms with Crippen LogP contribution in [0.25, 0.3) is 11.1 Å². The van der Waals surface area contributed by atoms with E-state index in [1.807, 2.05) is 24.4 Å². The fourth-order valence-electron chi connectivity index (χ4n) is 4.27. The monoisotopic (exact) mass is 386 g/mol. The van der Waals surface area contributed by atoms with Crippen LogP contribution in [0.1, 0.15) is 17.5 Å². The van der Waals surface area contributed by atoms with E-state index in [2.05, 4.69) is 50.5 Å². The van der Waals surface area contributed by atoms with Crippen LogP contribution in [0.2, 0.25) is 0 Å². The van der Waals surface area contributed by atoms with Crippen LogP contribution in [0.5, 0.6) is 0 Å². The van der Waals surface area contributed by atoms with Crippen LogP contribution >= 0.6 is 0 Å². The minimum Gasteiger partial charge on any atom is -0.359 e. The molecule has 1 amide bonds. The minimum atomic E-state index is -0.394. The number of benzene rings is 1. The van der Waals surface area contributed by atoms with Crippen LogP contribution in [0.3, 0.4) is 0 Å². The summed E-state index contributed by atoms with van der Waals surface area (Å²) in [5, 5.41) is 2.90. The average Bonchev–Trinajstić information content (AvgIpc) is 3.18. The van der Waals surface area contributed by atoms with Crippen LogP contribution in [-0.2, 0) is 17.8 Å². The fraction of sp³-hybridized carbons (Fsp3) is 0.292. The molecule has 0 spiro atoms. The molecule has 3 heterocycles. The Bertz CT molecular complexity index is 944. The summed E-state index contributed by atoms with van der Waals surface area (Å²) in [7, 11) is 1.74. The first kappa shape index (κ1) is 19.3. The summed E-state index contributed by atoms with van der Waals surface area (Å²) in [6.07, 6.45) is 8.90. The predicted molar refractivity (Wildman–Crippen MR) is 114 cm³/mol. The molecule has 2 aromatic heterocycles. The van der Waals surface area contributed by atoms with Gasteiger partial charge in [0.25, 0.3) is 0 Å². The highest BCUT2D eigenvalue weighted by atomic mass is 16.2. The molecule has 148 valence electrons. The number of nitrogens with one attached hydrogen (secondary N) is 1. The van der Waals surface area contributed by atoms with Gasteiger partial charge in [-0.3, -0.25) is 19.7 Å². The molecular weight excluding hydrogens is 360 g/mol. The quantitative estimate of drug-likeness (QED) is 0.706. The third-order valence-corrected chi connectivity index (χ3v) is 5.78. The summed E-state index contributed by atoms with van der Waals surface area (Å²) in [4.78, 5) is 23.5. The van der Waals surface area contributed by atoms with E-state index in [-0.39, 0.29) is 5.91 Å². The lowest BCUT2D eigenvalue weighted by molar-refractivity contribution is -0.130. The molecule has 1 N–H and O–H groups in total. The summed E-state index contributed by atoms with van der Waals surface area (Å²) in [6.45, 7) is 2.50. The zero-order valence-corrected chi connectivity index (χ0v) is 16.7. The van der Waals surface area contributed by atoms with E-state index in [9.17, 15) is 4.79 Å². The predicted octanol–water partition coefficient (Wildman–Crippen LogP) is 3.32. The Balaban J connectivity index is 1.50. The second kappa shape index (κ2) is 8.53. The van der Waals surface area contributed by atoms with Crippen molar-refractivity contribution < 1.29 is 4.79 Å². The molecule has 0 bridgehead atoms. The third-order valence-electron chi connectivity index (χ3n) is 5.78. The first-order valence-electron chi connectivity index (χ1n) is 10.0. The maximum absolute atomic E-state index is 12.9. The third kappa shape index (κ3) is 4.35. The van der Waals surface area contributed by atoms with Crippen LogP contribution < -0.4 is 5.32 Å². The number of hydrogen-bond donors (Lipinski definition) is 1. The van der Waals surface area contributed by atoms with Crippen LogP contribution in [0, 0.1) is 5.41 Å². The Morgan fingerprint density at radius 1 is 1.00 bits per heavy atom. The standard InChI is InChI=1S/C24H26N4O/c1-25-23(29)24(10-14-28(18-24)17-20-3-2-11-27-16-20)15-19-4-6-21(7-5-19)22-8-12-26-13-9-22/h2-9,11-13,16H,10,14-15,17-18H2,1H3,(H,25,29). The number of rotatable bonds is 6. The van der Waals surface area contributed by atoms with Crippen molar-refractivity contribution in [1.29, 1.82) is 0 Å². The molecule has 4 rings (SSSR count). The van der Waals surface area contributed by atoms with Crippen molar-refractivity contribution >= 4 is 5.91 Å². The molecule has 1 fully saturated rings. The number of amides is 1. The lowest BCUT2D eigenvalue weighted by Gasteiger charge is -2.28. The highest BCUT2D eigenvalue weighted by Gasteiger charge is 2.43. The van der Waals surface area contributed by atoms with Crippen LogP contribution in [0.4, 0.5) is 0 Å². The summed E-state index contributed by atoms with van der Waals surface area (Å²) in [6, 6.07) is 16.6. The van der Waals surface area contributed by atoms with Crippen molar-refractivity contribution in [2.45, 2.75) is 19.4 Å². The topological polar surface area (TPSA) is 58.1 Å². The molecule has 0 radical (unpaired) electrons. The highest BCUT2D eigenvalue weighted by Crippen LogP contribution is 2.35. The van der Waals surface area contributed by atoms with E-state index in [0.29, 0.717) is 0 Å². The Morgan fingerprint density at radius 2 is 1.76 bits per heavy atom. The molecule has 1 aliphatic rings. The summed E-state index contributed by atoms with van der Waals surface area (Å²) < 4.78 is 0. The van der Waals surface area contributed by atoms with Gasteiger partial charge in [0.1, 0.15) is 0 Å².